The first-order valence-electron chi connectivity index (χ1n) is 7.56. The second-order valence-corrected chi connectivity index (χ2v) is 5.95. The molecule has 0 unspecified atom stereocenters. The lowest BCUT2D eigenvalue weighted by Crippen LogP contribution is -2.32. The Balaban J connectivity index is 2.93. The number of rotatable bonds is 7. The van der Waals surface area contributed by atoms with Crippen molar-refractivity contribution in [2.24, 2.45) is 5.41 Å². The summed E-state index contributed by atoms with van der Waals surface area (Å²) < 4.78 is 0. The van der Waals surface area contributed by atoms with Gasteiger partial charge in [0.05, 0.1) is 6.61 Å². The van der Waals surface area contributed by atoms with Crippen LogP contribution in [-0.2, 0) is 0 Å². The number of carbonyl (C=O) groups excluding carboxylic acids is 1. The first-order valence-corrected chi connectivity index (χ1v) is 7.56. The van der Waals surface area contributed by atoms with Crippen LogP contribution in [0.3, 0.4) is 0 Å². The molecule has 21 heavy (non-hydrogen) atoms. The van der Waals surface area contributed by atoms with Gasteiger partial charge in [0.2, 0.25) is 0 Å². The van der Waals surface area contributed by atoms with Gasteiger partial charge < -0.3 is 15.3 Å². The Morgan fingerprint density at radius 3 is 2.38 bits per heavy atom. The highest BCUT2D eigenvalue weighted by Crippen LogP contribution is 2.27. The highest BCUT2D eigenvalue weighted by atomic mass is 16.3. The Kier molecular flexibility index (Phi) is 6.21. The third-order valence-electron chi connectivity index (χ3n) is 4.38. The van der Waals surface area contributed by atoms with Gasteiger partial charge in [-0.05, 0) is 37.5 Å². The third-order valence-corrected chi connectivity index (χ3v) is 4.38. The van der Waals surface area contributed by atoms with E-state index in [1.54, 1.807) is 19.0 Å². The Hall–Kier alpha value is -1.55. The molecule has 1 aromatic carbocycles. The second kappa shape index (κ2) is 7.46. The van der Waals surface area contributed by atoms with Crippen LogP contribution in [0.25, 0.3) is 0 Å². The van der Waals surface area contributed by atoms with Gasteiger partial charge in [-0.15, -0.1) is 0 Å². The maximum absolute atomic E-state index is 12.0. The molecular formula is C17H28N2O2. The Labute approximate surface area is 128 Å². The zero-order valence-corrected chi connectivity index (χ0v) is 13.9. The number of aliphatic hydroxyl groups excluding tert-OH is 1. The number of carbonyl (C=O) groups is 1. The van der Waals surface area contributed by atoms with Crippen molar-refractivity contribution in [1.29, 1.82) is 0 Å². The van der Waals surface area contributed by atoms with E-state index in [0.29, 0.717) is 12.1 Å². The van der Waals surface area contributed by atoms with E-state index in [1.807, 2.05) is 25.1 Å². The molecule has 2 N–H and O–H groups in total. The van der Waals surface area contributed by atoms with E-state index in [9.17, 15) is 9.90 Å². The molecule has 0 aliphatic rings. The van der Waals surface area contributed by atoms with Crippen molar-refractivity contribution in [1.82, 2.24) is 4.90 Å². The minimum atomic E-state index is -0.103. The average molecular weight is 292 g/mol. The summed E-state index contributed by atoms with van der Waals surface area (Å²) in [5.41, 5.74) is 2.64. The lowest BCUT2D eigenvalue weighted by atomic mass is 9.83. The largest absolute Gasteiger partial charge is 0.396 e. The van der Waals surface area contributed by atoms with Crippen LogP contribution in [-0.4, -0.2) is 43.2 Å². The highest BCUT2D eigenvalue weighted by molar-refractivity contribution is 5.95. The maximum Gasteiger partial charge on any atom is 0.253 e. The molecule has 4 heteroatoms. The molecule has 4 nitrogen and oxygen atoms in total. The predicted molar refractivity (Wildman–Crippen MR) is 87.8 cm³/mol. The molecule has 0 atom stereocenters. The number of benzene rings is 1. The molecule has 0 aliphatic heterocycles. The van der Waals surface area contributed by atoms with Gasteiger partial charge in [-0.1, -0.05) is 19.9 Å². The van der Waals surface area contributed by atoms with Gasteiger partial charge in [-0.25, -0.2) is 0 Å². The van der Waals surface area contributed by atoms with Crippen molar-refractivity contribution in [3.05, 3.63) is 29.3 Å². The van der Waals surface area contributed by atoms with Crippen LogP contribution in [0.5, 0.6) is 0 Å². The molecule has 0 fully saturated rings. The number of anilines is 1. The topological polar surface area (TPSA) is 52.6 Å². The fourth-order valence-electron chi connectivity index (χ4n) is 2.27. The summed E-state index contributed by atoms with van der Waals surface area (Å²) >= 11 is 0. The summed E-state index contributed by atoms with van der Waals surface area (Å²) in [7, 11) is 3.50. The van der Waals surface area contributed by atoms with Crippen LogP contribution >= 0.6 is 0 Å². The standard InChI is InChI=1S/C17H28N2O2/c1-6-17(7-2,12-20)11-18-15-10-14(9-8-13(15)3)16(21)19(4)5/h8-10,18,20H,6-7,11-12H2,1-5H3. The van der Waals surface area contributed by atoms with Crippen molar-refractivity contribution < 1.29 is 9.90 Å². The second-order valence-electron chi connectivity index (χ2n) is 5.95. The lowest BCUT2D eigenvalue weighted by molar-refractivity contribution is 0.0827. The molecule has 1 aromatic rings. The Morgan fingerprint density at radius 1 is 1.29 bits per heavy atom. The summed E-state index contributed by atoms with van der Waals surface area (Å²) in [6.07, 6.45) is 1.84. The van der Waals surface area contributed by atoms with Crippen LogP contribution in [0.15, 0.2) is 18.2 Å². The van der Waals surface area contributed by atoms with Crippen LogP contribution in [0.1, 0.15) is 42.6 Å². The molecule has 0 aromatic heterocycles. The maximum atomic E-state index is 12.0. The van der Waals surface area contributed by atoms with E-state index < -0.39 is 0 Å². The van der Waals surface area contributed by atoms with Gasteiger partial charge in [0.25, 0.3) is 5.91 Å². The number of amides is 1. The number of nitrogens with zero attached hydrogens (tertiary/aromatic N) is 1. The van der Waals surface area contributed by atoms with Crippen molar-refractivity contribution in [2.45, 2.75) is 33.6 Å². The summed E-state index contributed by atoms with van der Waals surface area (Å²) in [5, 5.41) is 13.0. The van der Waals surface area contributed by atoms with Crippen molar-refractivity contribution >= 4 is 11.6 Å². The minimum absolute atomic E-state index is 0.00236. The molecule has 0 spiro atoms. The minimum Gasteiger partial charge on any atom is -0.396 e. The normalized spacial score (nSPS) is 11.3. The molecule has 0 saturated carbocycles. The summed E-state index contributed by atoms with van der Waals surface area (Å²) in [6.45, 7) is 7.09. The SMILES string of the molecule is CCC(CC)(CO)CNc1cc(C(=O)N(C)C)ccc1C. The molecule has 0 aliphatic carbocycles. The molecule has 1 amide bonds. The summed E-state index contributed by atoms with van der Waals surface area (Å²) in [6, 6.07) is 5.70. The van der Waals surface area contributed by atoms with Crippen molar-refractivity contribution in [3.63, 3.8) is 0 Å². The third kappa shape index (κ3) is 4.21. The van der Waals surface area contributed by atoms with Gasteiger partial charge in [-0.3, -0.25) is 4.79 Å². The van der Waals surface area contributed by atoms with E-state index in [1.165, 1.54) is 0 Å². The molecule has 0 radical (unpaired) electrons. The van der Waals surface area contributed by atoms with Gasteiger partial charge >= 0.3 is 0 Å². The van der Waals surface area contributed by atoms with E-state index in [0.717, 1.165) is 24.1 Å². The first-order chi connectivity index (χ1) is 9.89. The van der Waals surface area contributed by atoms with E-state index in [4.69, 9.17) is 0 Å². The van der Waals surface area contributed by atoms with Crippen LogP contribution in [0.2, 0.25) is 0 Å². The molecule has 118 valence electrons. The van der Waals surface area contributed by atoms with Crippen LogP contribution in [0.4, 0.5) is 5.69 Å². The Bertz CT molecular complexity index is 471. The van der Waals surface area contributed by atoms with Gasteiger partial charge in [0.1, 0.15) is 0 Å². The molecule has 0 saturated heterocycles. The fraction of sp³-hybridized carbons (Fsp3) is 0.588. The van der Waals surface area contributed by atoms with Crippen molar-refractivity contribution in [3.8, 4) is 0 Å². The summed E-state index contributed by atoms with van der Waals surface area (Å²) in [4.78, 5) is 13.6. The zero-order valence-electron chi connectivity index (χ0n) is 13.9. The van der Waals surface area contributed by atoms with E-state index in [-0.39, 0.29) is 17.9 Å². The van der Waals surface area contributed by atoms with E-state index >= 15 is 0 Å². The number of hydrogen-bond acceptors (Lipinski definition) is 3. The number of nitrogens with one attached hydrogen (secondary N) is 1. The number of aryl methyl sites for hydroxylation is 1. The molecule has 0 bridgehead atoms. The first kappa shape index (κ1) is 17.5. The fourth-order valence-corrected chi connectivity index (χ4v) is 2.27. The predicted octanol–water partition coefficient (Wildman–Crippen LogP) is 2.91. The Morgan fingerprint density at radius 2 is 1.90 bits per heavy atom. The average Bonchev–Trinajstić information content (AvgIpc) is 2.50. The highest BCUT2D eigenvalue weighted by Gasteiger charge is 2.25. The quantitative estimate of drug-likeness (QED) is 0.812. The molecule has 0 heterocycles. The van der Waals surface area contributed by atoms with Crippen LogP contribution in [0, 0.1) is 12.3 Å². The smallest absolute Gasteiger partial charge is 0.253 e. The monoisotopic (exact) mass is 292 g/mol. The van der Waals surface area contributed by atoms with Gasteiger partial charge in [0.15, 0.2) is 0 Å². The van der Waals surface area contributed by atoms with Crippen LogP contribution < -0.4 is 5.32 Å². The number of hydrogen-bond donors (Lipinski definition) is 2. The molecular weight excluding hydrogens is 264 g/mol. The number of aliphatic hydroxyl groups is 1. The van der Waals surface area contributed by atoms with Crippen molar-refractivity contribution in [2.75, 3.05) is 32.6 Å². The van der Waals surface area contributed by atoms with E-state index in [2.05, 4.69) is 19.2 Å². The van der Waals surface area contributed by atoms with Gasteiger partial charge in [-0.2, -0.15) is 0 Å². The zero-order chi connectivity index (χ0) is 16.0. The molecule has 1 rings (SSSR count). The lowest BCUT2D eigenvalue weighted by Gasteiger charge is -2.30. The van der Waals surface area contributed by atoms with Gasteiger partial charge in [0, 0.05) is 37.3 Å². The summed E-state index contributed by atoms with van der Waals surface area (Å²) in [5.74, 6) is -0.00236.